The Morgan fingerprint density at radius 3 is 2.31 bits per heavy atom. The fourth-order valence-electron chi connectivity index (χ4n) is 2.94. The van der Waals surface area contributed by atoms with E-state index < -0.39 is 23.6 Å². The first-order chi connectivity index (χ1) is 14.0. The van der Waals surface area contributed by atoms with Crippen LogP contribution in [0.4, 0.5) is 14.5 Å². The van der Waals surface area contributed by atoms with Gasteiger partial charge < -0.3 is 14.4 Å². The maximum atomic E-state index is 13.8. The minimum Gasteiger partial charge on any atom is -0.465 e. The van der Waals surface area contributed by atoms with E-state index in [1.165, 1.54) is 31.3 Å². The molecule has 0 saturated carbocycles. The summed E-state index contributed by atoms with van der Waals surface area (Å²) in [5.41, 5.74) is 1.29. The number of carbonyl (C=O) groups excluding carboxylic acids is 2. The van der Waals surface area contributed by atoms with Crippen molar-refractivity contribution in [1.29, 1.82) is 0 Å². The molecule has 0 N–H and O–H groups in total. The molecule has 7 heteroatoms. The number of benzene rings is 2. The standard InChI is InChI=1S/C22H17F2NO4/c1-28-21(26)16-8-5-6-12-25(20(16)22(27)29-2)19-9-4-3-7-15(19)14-10-11-17(23)18(24)13-14/h3-13H,1-2H3. The highest BCUT2D eigenvalue weighted by Crippen LogP contribution is 2.35. The van der Waals surface area contributed by atoms with Gasteiger partial charge in [0.05, 0.1) is 25.5 Å². The van der Waals surface area contributed by atoms with Crippen molar-refractivity contribution in [2.24, 2.45) is 0 Å². The molecule has 148 valence electrons. The number of esters is 2. The number of halogens is 2. The van der Waals surface area contributed by atoms with Crippen molar-refractivity contribution in [3.05, 3.63) is 89.8 Å². The summed E-state index contributed by atoms with van der Waals surface area (Å²) in [7, 11) is 2.40. The van der Waals surface area contributed by atoms with Crippen molar-refractivity contribution in [2.45, 2.75) is 0 Å². The molecule has 3 rings (SSSR count). The molecular formula is C22H17F2NO4. The summed E-state index contributed by atoms with van der Waals surface area (Å²) in [6.07, 6.45) is 6.21. The van der Waals surface area contributed by atoms with Gasteiger partial charge in [-0.15, -0.1) is 0 Å². The SMILES string of the molecule is COC(=O)C1=C(C(=O)OC)N(c2ccccc2-c2ccc(F)c(F)c2)C=CC=C1. The van der Waals surface area contributed by atoms with Gasteiger partial charge in [-0.05, 0) is 35.9 Å². The highest BCUT2D eigenvalue weighted by atomic mass is 19.2. The van der Waals surface area contributed by atoms with Crippen molar-refractivity contribution in [2.75, 3.05) is 19.1 Å². The van der Waals surface area contributed by atoms with E-state index in [4.69, 9.17) is 9.47 Å². The molecule has 0 radical (unpaired) electrons. The van der Waals surface area contributed by atoms with Gasteiger partial charge in [0.15, 0.2) is 11.6 Å². The summed E-state index contributed by atoms with van der Waals surface area (Å²) in [5, 5.41) is 0. The van der Waals surface area contributed by atoms with Gasteiger partial charge in [0, 0.05) is 11.8 Å². The minimum absolute atomic E-state index is 0.00978. The van der Waals surface area contributed by atoms with Gasteiger partial charge in [0.2, 0.25) is 0 Å². The number of hydrogen-bond donors (Lipinski definition) is 0. The van der Waals surface area contributed by atoms with Gasteiger partial charge in [-0.25, -0.2) is 18.4 Å². The molecule has 0 spiro atoms. The Bertz CT molecular complexity index is 1060. The van der Waals surface area contributed by atoms with Gasteiger partial charge in [-0.2, -0.15) is 0 Å². The third-order valence-corrected chi connectivity index (χ3v) is 4.28. The summed E-state index contributed by atoms with van der Waals surface area (Å²) in [5.74, 6) is -3.44. The van der Waals surface area contributed by atoms with Crippen LogP contribution in [0.25, 0.3) is 11.1 Å². The number of carbonyl (C=O) groups is 2. The Hall–Kier alpha value is -3.74. The van der Waals surface area contributed by atoms with Gasteiger partial charge in [0.1, 0.15) is 5.70 Å². The zero-order valence-electron chi connectivity index (χ0n) is 15.7. The van der Waals surface area contributed by atoms with E-state index in [9.17, 15) is 18.4 Å². The van der Waals surface area contributed by atoms with Crippen molar-refractivity contribution < 1.29 is 27.8 Å². The molecule has 0 unspecified atom stereocenters. The topological polar surface area (TPSA) is 55.8 Å². The minimum atomic E-state index is -0.996. The number of allylic oxidation sites excluding steroid dienone is 2. The van der Waals surface area contributed by atoms with E-state index in [0.717, 1.165) is 12.1 Å². The lowest BCUT2D eigenvalue weighted by Crippen LogP contribution is -2.27. The van der Waals surface area contributed by atoms with Crippen molar-refractivity contribution >= 4 is 17.6 Å². The first-order valence-corrected chi connectivity index (χ1v) is 8.57. The zero-order chi connectivity index (χ0) is 21.0. The van der Waals surface area contributed by atoms with Gasteiger partial charge >= 0.3 is 11.9 Å². The quantitative estimate of drug-likeness (QED) is 0.727. The molecule has 5 nitrogen and oxygen atoms in total. The highest BCUT2D eigenvalue weighted by Gasteiger charge is 2.28. The number of nitrogens with zero attached hydrogens (tertiary/aromatic N) is 1. The van der Waals surface area contributed by atoms with Crippen molar-refractivity contribution in [3.63, 3.8) is 0 Å². The molecule has 0 fully saturated rings. The van der Waals surface area contributed by atoms with E-state index in [-0.39, 0.29) is 11.3 Å². The van der Waals surface area contributed by atoms with E-state index in [1.807, 2.05) is 0 Å². The molecule has 1 heterocycles. The highest BCUT2D eigenvalue weighted by molar-refractivity contribution is 6.06. The van der Waals surface area contributed by atoms with Crippen LogP contribution in [0.15, 0.2) is 78.2 Å². The fourth-order valence-corrected chi connectivity index (χ4v) is 2.94. The lowest BCUT2D eigenvalue weighted by atomic mass is 10.0. The molecule has 0 aliphatic carbocycles. The fraction of sp³-hybridized carbons (Fsp3) is 0.0909. The lowest BCUT2D eigenvalue weighted by Gasteiger charge is -2.25. The zero-order valence-corrected chi connectivity index (χ0v) is 15.7. The summed E-state index contributed by atoms with van der Waals surface area (Å²) in [6.45, 7) is 0. The van der Waals surface area contributed by atoms with Crippen LogP contribution in [-0.4, -0.2) is 26.2 Å². The maximum Gasteiger partial charge on any atom is 0.355 e. The third kappa shape index (κ3) is 3.94. The normalized spacial score (nSPS) is 13.3. The van der Waals surface area contributed by atoms with E-state index in [2.05, 4.69) is 0 Å². The lowest BCUT2D eigenvalue weighted by molar-refractivity contribution is -0.139. The Morgan fingerprint density at radius 1 is 0.897 bits per heavy atom. The summed E-state index contributed by atoms with van der Waals surface area (Å²) in [4.78, 5) is 26.3. The van der Waals surface area contributed by atoms with Crippen LogP contribution in [0, 0.1) is 11.6 Å². The van der Waals surface area contributed by atoms with Crippen LogP contribution in [-0.2, 0) is 19.1 Å². The molecule has 0 amide bonds. The molecular weight excluding hydrogens is 380 g/mol. The molecule has 0 aromatic heterocycles. The number of methoxy groups -OCH3 is 2. The van der Waals surface area contributed by atoms with Crippen LogP contribution >= 0.6 is 0 Å². The molecule has 1 aliphatic rings. The average molecular weight is 397 g/mol. The second-order valence-corrected chi connectivity index (χ2v) is 5.96. The largest absolute Gasteiger partial charge is 0.465 e. The first-order valence-electron chi connectivity index (χ1n) is 8.57. The smallest absolute Gasteiger partial charge is 0.355 e. The summed E-state index contributed by atoms with van der Waals surface area (Å²) >= 11 is 0. The van der Waals surface area contributed by atoms with Crippen LogP contribution in [0.2, 0.25) is 0 Å². The molecule has 0 bridgehead atoms. The summed E-state index contributed by atoms with van der Waals surface area (Å²) in [6, 6.07) is 10.3. The molecule has 1 aliphatic heterocycles. The second-order valence-electron chi connectivity index (χ2n) is 5.96. The Labute approximate surface area is 166 Å². The van der Waals surface area contributed by atoms with Crippen molar-refractivity contribution in [3.8, 4) is 11.1 Å². The number of ether oxygens (including phenoxy) is 2. The molecule has 2 aromatic rings. The van der Waals surface area contributed by atoms with E-state index in [1.54, 1.807) is 42.6 Å². The predicted octanol–water partition coefficient (Wildman–Crippen LogP) is 4.12. The van der Waals surface area contributed by atoms with E-state index in [0.29, 0.717) is 16.8 Å². The molecule has 29 heavy (non-hydrogen) atoms. The maximum absolute atomic E-state index is 13.8. The van der Waals surface area contributed by atoms with Crippen LogP contribution < -0.4 is 4.90 Å². The third-order valence-electron chi connectivity index (χ3n) is 4.28. The van der Waals surface area contributed by atoms with Crippen LogP contribution in [0.5, 0.6) is 0 Å². The first kappa shape index (κ1) is 20.0. The Kier molecular flexibility index (Phi) is 5.87. The number of rotatable bonds is 4. The Balaban J connectivity index is 2.24. The number of hydrogen-bond acceptors (Lipinski definition) is 5. The number of para-hydroxylation sites is 1. The van der Waals surface area contributed by atoms with Crippen molar-refractivity contribution in [1.82, 2.24) is 0 Å². The Morgan fingerprint density at radius 2 is 1.62 bits per heavy atom. The predicted molar refractivity (Wildman–Crippen MR) is 104 cm³/mol. The molecule has 2 aromatic carbocycles. The van der Waals surface area contributed by atoms with Gasteiger partial charge in [-0.3, -0.25) is 0 Å². The van der Waals surface area contributed by atoms with Gasteiger partial charge in [-0.1, -0.05) is 30.3 Å². The molecule has 0 atom stereocenters. The van der Waals surface area contributed by atoms with Crippen LogP contribution in [0.3, 0.4) is 0 Å². The van der Waals surface area contributed by atoms with E-state index >= 15 is 0 Å². The molecule has 0 saturated heterocycles. The van der Waals surface area contributed by atoms with Gasteiger partial charge in [0.25, 0.3) is 0 Å². The van der Waals surface area contributed by atoms with Crippen LogP contribution in [0.1, 0.15) is 0 Å². The second kappa shape index (κ2) is 8.52. The number of anilines is 1. The average Bonchev–Trinajstić information content (AvgIpc) is 2.97. The summed E-state index contributed by atoms with van der Waals surface area (Å²) < 4.78 is 36.9. The monoisotopic (exact) mass is 397 g/mol.